The van der Waals surface area contributed by atoms with E-state index in [1.165, 1.54) is 57.8 Å². The predicted molar refractivity (Wildman–Crippen MR) is 233 cm³/mol. The van der Waals surface area contributed by atoms with Crippen LogP contribution in [0.15, 0.2) is 72.9 Å². The second-order valence-electron chi connectivity index (χ2n) is 15.1. The molecule has 0 aromatic rings. The summed E-state index contributed by atoms with van der Waals surface area (Å²) in [6, 6.07) is 0. The highest BCUT2D eigenvalue weighted by molar-refractivity contribution is 5.69. The number of carbonyl (C=O) groups excluding carboxylic acids is 1. The number of aliphatic hydroxyl groups excluding tert-OH is 4. The Labute approximate surface area is 347 Å². The van der Waals surface area contributed by atoms with Crippen LogP contribution in [0.4, 0.5) is 0 Å². The van der Waals surface area contributed by atoms with Crippen molar-refractivity contribution in [2.75, 3.05) is 26.4 Å². The first kappa shape index (κ1) is 52.6. The zero-order valence-electron chi connectivity index (χ0n) is 35.8. The zero-order chi connectivity index (χ0) is 41.4. The molecular formula is C48H82O9. The Balaban J connectivity index is 2.18. The van der Waals surface area contributed by atoms with Crippen LogP contribution in [0.5, 0.6) is 0 Å². The van der Waals surface area contributed by atoms with Crippen LogP contribution in [-0.2, 0) is 23.7 Å². The fourth-order valence-corrected chi connectivity index (χ4v) is 6.38. The van der Waals surface area contributed by atoms with Crippen molar-refractivity contribution in [3.63, 3.8) is 0 Å². The number of esters is 1. The average Bonchev–Trinajstić information content (AvgIpc) is 3.21. The lowest BCUT2D eigenvalue weighted by Crippen LogP contribution is -2.59. The van der Waals surface area contributed by atoms with Crippen molar-refractivity contribution in [1.82, 2.24) is 0 Å². The molecule has 6 atom stereocenters. The van der Waals surface area contributed by atoms with Gasteiger partial charge in [0.2, 0.25) is 0 Å². The third kappa shape index (κ3) is 30.4. The number of aliphatic hydroxyl groups is 4. The first-order valence-electron chi connectivity index (χ1n) is 22.5. The second kappa shape index (κ2) is 39.1. The summed E-state index contributed by atoms with van der Waals surface area (Å²) in [7, 11) is 0. The van der Waals surface area contributed by atoms with Crippen LogP contribution in [0, 0.1) is 0 Å². The third-order valence-electron chi connectivity index (χ3n) is 9.89. The molecule has 328 valence electrons. The van der Waals surface area contributed by atoms with E-state index in [1.807, 2.05) is 0 Å². The highest BCUT2D eigenvalue weighted by Crippen LogP contribution is 2.22. The lowest BCUT2D eigenvalue weighted by atomic mass is 9.99. The molecule has 1 rings (SSSR count). The van der Waals surface area contributed by atoms with Gasteiger partial charge in [0, 0.05) is 13.0 Å². The van der Waals surface area contributed by atoms with E-state index in [2.05, 4.69) is 86.8 Å². The molecule has 0 bridgehead atoms. The average molecular weight is 803 g/mol. The molecular weight excluding hydrogens is 721 g/mol. The molecule has 1 fully saturated rings. The van der Waals surface area contributed by atoms with E-state index < -0.39 is 43.4 Å². The van der Waals surface area contributed by atoms with Crippen molar-refractivity contribution in [3.05, 3.63) is 72.9 Å². The number of carbonyl (C=O) groups is 1. The van der Waals surface area contributed by atoms with Gasteiger partial charge in [-0.3, -0.25) is 4.79 Å². The summed E-state index contributed by atoms with van der Waals surface area (Å²) in [5.41, 5.74) is 0. The normalized spacial score (nSPS) is 21.1. The number of ether oxygens (including phenoxy) is 4. The summed E-state index contributed by atoms with van der Waals surface area (Å²) in [5, 5.41) is 40.0. The molecule has 0 spiro atoms. The van der Waals surface area contributed by atoms with Crippen molar-refractivity contribution in [2.24, 2.45) is 0 Å². The topological polar surface area (TPSA) is 135 Å². The van der Waals surface area contributed by atoms with Gasteiger partial charge in [-0.25, -0.2) is 0 Å². The molecule has 9 nitrogen and oxygen atoms in total. The third-order valence-corrected chi connectivity index (χ3v) is 9.89. The molecule has 0 saturated carbocycles. The van der Waals surface area contributed by atoms with E-state index in [9.17, 15) is 25.2 Å². The molecule has 9 heteroatoms. The van der Waals surface area contributed by atoms with E-state index in [-0.39, 0.29) is 19.2 Å². The Morgan fingerprint density at radius 3 is 1.61 bits per heavy atom. The van der Waals surface area contributed by atoms with Crippen LogP contribution in [0.3, 0.4) is 0 Å². The van der Waals surface area contributed by atoms with Gasteiger partial charge in [0.25, 0.3) is 0 Å². The molecule has 0 radical (unpaired) electrons. The van der Waals surface area contributed by atoms with Crippen LogP contribution in [-0.4, -0.2) is 89.6 Å². The Kier molecular flexibility index (Phi) is 36.1. The van der Waals surface area contributed by atoms with Gasteiger partial charge in [0.15, 0.2) is 6.29 Å². The van der Waals surface area contributed by atoms with E-state index in [1.54, 1.807) is 0 Å². The van der Waals surface area contributed by atoms with E-state index in [0.717, 1.165) is 83.5 Å². The molecule has 0 aromatic heterocycles. The molecule has 0 amide bonds. The van der Waals surface area contributed by atoms with Gasteiger partial charge < -0.3 is 39.4 Å². The molecule has 6 unspecified atom stereocenters. The molecule has 57 heavy (non-hydrogen) atoms. The monoisotopic (exact) mass is 803 g/mol. The van der Waals surface area contributed by atoms with Crippen LogP contribution in [0.1, 0.15) is 162 Å². The molecule has 1 saturated heterocycles. The van der Waals surface area contributed by atoms with E-state index >= 15 is 0 Å². The minimum absolute atomic E-state index is 0.121. The van der Waals surface area contributed by atoms with Crippen molar-refractivity contribution in [1.29, 1.82) is 0 Å². The van der Waals surface area contributed by atoms with Crippen LogP contribution in [0.2, 0.25) is 0 Å². The van der Waals surface area contributed by atoms with Crippen LogP contribution in [0.25, 0.3) is 0 Å². The van der Waals surface area contributed by atoms with E-state index in [0.29, 0.717) is 13.0 Å². The molecule has 1 aliphatic rings. The molecule has 4 N–H and O–H groups in total. The van der Waals surface area contributed by atoms with Crippen LogP contribution < -0.4 is 0 Å². The summed E-state index contributed by atoms with van der Waals surface area (Å²) in [6.45, 7) is 4.37. The number of rotatable bonds is 37. The smallest absolute Gasteiger partial charge is 0.306 e. The van der Waals surface area contributed by atoms with E-state index in [4.69, 9.17) is 18.9 Å². The second-order valence-corrected chi connectivity index (χ2v) is 15.1. The van der Waals surface area contributed by atoms with Gasteiger partial charge >= 0.3 is 5.97 Å². The van der Waals surface area contributed by atoms with Gasteiger partial charge in [-0.15, -0.1) is 0 Å². The maximum Gasteiger partial charge on any atom is 0.306 e. The lowest BCUT2D eigenvalue weighted by Gasteiger charge is -2.39. The quantitative estimate of drug-likeness (QED) is 0.0275. The summed E-state index contributed by atoms with van der Waals surface area (Å²) >= 11 is 0. The number of hydrogen-bond donors (Lipinski definition) is 4. The highest BCUT2D eigenvalue weighted by Gasteiger charge is 2.44. The Morgan fingerprint density at radius 2 is 1.07 bits per heavy atom. The maximum atomic E-state index is 12.7. The van der Waals surface area contributed by atoms with Gasteiger partial charge in [0.1, 0.15) is 30.5 Å². The van der Waals surface area contributed by atoms with Gasteiger partial charge in [-0.2, -0.15) is 0 Å². The highest BCUT2D eigenvalue weighted by atomic mass is 16.7. The first-order valence-corrected chi connectivity index (χ1v) is 22.5. The standard InChI is InChI=1S/C48H82O9/c1-3-5-7-9-11-13-14-15-16-17-18-19-20-21-22-23-24-25-26-27-28-29-30-32-34-36-38-54-40-42(56-44(50)37-35-33-31-12-10-8-6-4-2)41-55-48-47(53)46(52)45(51)43(39-49)57-48/h5,7,11,13,15-16,18-19,21-22,24-25,42-43,45-49,51-53H,3-4,6,8-10,12,14,17,20,23,26-41H2,1-2H3/b7-5-,13-11-,16-15-,19-18-,22-21-,25-24-. The minimum Gasteiger partial charge on any atom is -0.457 e. The van der Waals surface area contributed by atoms with Crippen molar-refractivity contribution >= 4 is 5.97 Å². The Hall–Kier alpha value is -2.37. The lowest BCUT2D eigenvalue weighted by molar-refractivity contribution is -0.305. The molecule has 0 aromatic carbocycles. The van der Waals surface area contributed by atoms with Gasteiger partial charge in [-0.1, -0.05) is 164 Å². The Morgan fingerprint density at radius 1 is 0.579 bits per heavy atom. The van der Waals surface area contributed by atoms with Crippen molar-refractivity contribution in [3.8, 4) is 0 Å². The number of allylic oxidation sites excluding steroid dienone is 12. The van der Waals surface area contributed by atoms with Gasteiger partial charge in [-0.05, 0) is 64.2 Å². The largest absolute Gasteiger partial charge is 0.457 e. The number of hydrogen-bond acceptors (Lipinski definition) is 9. The fraction of sp³-hybridized carbons (Fsp3) is 0.729. The maximum absolute atomic E-state index is 12.7. The molecule has 1 heterocycles. The zero-order valence-corrected chi connectivity index (χ0v) is 35.8. The van der Waals surface area contributed by atoms with Crippen molar-refractivity contribution in [2.45, 2.75) is 198 Å². The van der Waals surface area contributed by atoms with Crippen LogP contribution >= 0.6 is 0 Å². The molecule has 0 aliphatic carbocycles. The summed E-state index contributed by atoms with van der Waals surface area (Å²) in [5.74, 6) is -0.326. The fourth-order valence-electron chi connectivity index (χ4n) is 6.38. The van der Waals surface area contributed by atoms with Crippen molar-refractivity contribution < 1.29 is 44.2 Å². The summed E-state index contributed by atoms with van der Waals surface area (Å²) in [6.07, 6.45) is 43.8. The Bertz CT molecular complexity index is 1100. The summed E-state index contributed by atoms with van der Waals surface area (Å²) in [4.78, 5) is 12.7. The SMILES string of the molecule is CC/C=C\C/C=C\C/C=C\C/C=C\C/C=C\C/C=C\CCCCCCCCCOCC(COC1OC(CO)C(O)C(O)C1O)OC(=O)CCCCCCCCCC. The minimum atomic E-state index is -1.54. The predicted octanol–water partition coefficient (Wildman–Crippen LogP) is 10.1. The van der Waals surface area contributed by atoms with Gasteiger partial charge in [0.05, 0.1) is 19.8 Å². The summed E-state index contributed by atoms with van der Waals surface area (Å²) < 4.78 is 22.7. The first-order chi connectivity index (χ1) is 27.9. The molecule has 1 aliphatic heterocycles. The number of unbranched alkanes of at least 4 members (excludes halogenated alkanes) is 14.